The molecule has 1 aliphatic carbocycles. The van der Waals surface area contributed by atoms with Gasteiger partial charge in [0.1, 0.15) is 6.61 Å². The van der Waals surface area contributed by atoms with Crippen LogP contribution in [0.25, 0.3) is 11.1 Å². The van der Waals surface area contributed by atoms with E-state index < -0.39 is 17.8 Å². The second-order valence-electron chi connectivity index (χ2n) is 6.58. The number of Topliss-reactive ketones (excluding diaryl/α,β-unsaturated/α-hetero) is 1. The third-order valence-electron chi connectivity index (χ3n) is 4.85. The molecule has 0 aromatic heterocycles. The van der Waals surface area contributed by atoms with Crippen LogP contribution in [0.4, 0.5) is 0 Å². The number of hydrogen-bond donors (Lipinski definition) is 2. The Hall–Kier alpha value is -2.50. The number of nitrogens with two attached hydrogens (primary N) is 2. The average Bonchev–Trinajstić information content (AvgIpc) is 2.99. The number of carbonyl (C=O) groups excluding carboxylic acids is 2. The monoisotopic (exact) mass is 352 g/mol. The summed E-state index contributed by atoms with van der Waals surface area (Å²) in [6.45, 7) is 0.681. The van der Waals surface area contributed by atoms with E-state index in [1.54, 1.807) is 0 Å². The van der Waals surface area contributed by atoms with Gasteiger partial charge >= 0.3 is 5.97 Å². The molecule has 3 rings (SSSR count). The zero-order chi connectivity index (χ0) is 18.5. The van der Waals surface area contributed by atoms with Crippen LogP contribution < -0.4 is 11.5 Å². The van der Waals surface area contributed by atoms with E-state index in [0.717, 1.165) is 35.1 Å². The molecule has 2 aromatic carbocycles. The molecule has 1 unspecified atom stereocenters. The lowest BCUT2D eigenvalue weighted by atomic mass is 9.98. The molecule has 0 heterocycles. The number of unbranched alkanes of at least 4 members (excludes halogenated alkanes) is 1. The van der Waals surface area contributed by atoms with E-state index in [1.165, 1.54) is 0 Å². The molecular formula is C21H24N2O3. The molecule has 0 amide bonds. The van der Waals surface area contributed by atoms with E-state index in [0.29, 0.717) is 13.0 Å². The van der Waals surface area contributed by atoms with Crippen molar-refractivity contribution in [2.45, 2.75) is 31.2 Å². The summed E-state index contributed by atoms with van der Waals surface area (Å²) < 4.78 is 5.34. The van der Waals surface area contributed by atoms with Crippen molar-refractivity contribution in [2.24, 2.45) is 11.5 Å². The summed E-state index contributed by atoms with van der Waals surface area (Å²) in [4.78, 5) is 24.2. The van der Waals surface area contributed by atoms with Crippen LogP contribution >= 0.6 is 0 Å². The fraction of sp³-hybridized carbons (Fsp3) is 0.333. The number of ether oxygens (including phenoxy) is 1. The van der Waals surface area contributed by atoms with Crippen LogP contribution in [-0.4, -0.2) is 30.9 Å². The number of benzene rings is 2. The molecule has 5 heteroatoms. The first-order valence-electron chi connectivity index (χ1n) is 8.98. The highest BCUT2D eigenvalue weighted by molar-refractivity contribution is 6.35. The van der Waals surface area contributed by atoms with E-state index >= 15 is 0 Å². The minimum atomic E-state index is -0.855. The van der Waals surface area contributed by atoms with Crippen molar-refractivity contribution in [2.75, 3.05) is 13.2 Å². The molecular weight excluding hydrogens is 328 g/mol. The summed E-state index contributed by atoms with van der Waals surface area (Å²) in [6.07, 6.45) is 1.95. The second-order valence-corrected chi connectivity index (χ2v) is 6.58. The van der Waals surface area contributed by atoms with Crippen molar-refractivity contribution in [3.05, 3.63) is 59.7 Å². The highest BCUT2D eigenvalue weighted by Crippen LogP contribution is 2.44. The van der Waals surface area contributed by atoms with Gasteiger partial charge in [0.2, 0.25) is 0 Å². The maximum absolute atomic E-state index is 12.1. The Morgan fingerprint density at radius 2 is 1.54 bits per heavy atom. The first-order valence-corrected chi connectivity index (χ1v) is 8.98. The zero-order valence-electron chi connectivity index (χ0n) is 14.7. The van der Waals surface area contributed by atoms with Crippen molar-refractivity contribution >= 4 is 11.8 Å². The number of esters is 1. The fourth-order valence-corrected chi connectivity index (χ4v) is 3.46. The van der Waals surface area contributed by atoms with Crippen LogP contribution in [0, 0.1) is 0 Å². The van der Waals surface area contributed by atoms with Crippen molar-refractivity contribution in [3.63, 3.8) is 0 Å². The maximum Gasteiger partial charge on any atom is 0.376 e. The standard InChI is InChI=1S/C21H24N2O3/c22-12-6-5-11-19(23)20(24)21(25)26-13-18-16-9-3-1-7-14(16)15-8-2-4-10-17(15)18/h1-4,7-10,18-19H,5-6,11-13,22-23H2. The van der Waals surface area contributed by atoms with Crippen LogP contribution in [-0.2, 0) is 14.3 Å². The van der Waals surface area contributed by atoms with Gasteiger partial charge in [0.25, 0.3) is 5.78 Å². The summed E-state index contributed by atoms with van der Waals surface area (Å²) >= 11 is 0. The largest absolute Gasteiger partial charge is 0.459 e. The average molecular weight is 352 g/mol. The predicted molar refractivity (Wildman–Crippen MR) is 101 cm³/mol. The minimum absolute atomic E-state index is 0.0624. The molecule has 2 aromatic rings. The van der Waals surface area contributed by atoms with Gasteiger partial charge in [0, 0.05) is 5.92 Å². The van der Waals surface area contributed by atoms with Crippen molar-refractivity contribution in [1.29, 1.82) is 0 Å². The molecule has 1 atom stereocenters. The van der Waals surface area contributed by atoms with Gasteiger partial charge in [-0.25, -0.2) is 4.79 Å². The normalized spacial score (nSPS) is 13.8. The van der Waals surface area contributed by atoms with Crippen LogP contribution in [0.1, 0.15) is 36.3 Å². The Morgan fingerprint density at radius 3 is 2.12 bits per heavy atom. The smallest absolute Gasteiger partial charge is 0.376 e. The van der Waals surface area contributed by atoms with Crippen LogP contribution in [0.2, 0.25) is 0 Å². The molecule has 5 nitrogen and oxygen atoms in total. The molecule has 0 bridgehead atoms. The number of fused-ring (bicyclic) bond motifs is 3. The Kier molecular flexibility index (Phi) is 5.81. The Morgan fingerprint density at radius 1 is 0.962 bits per heavy atom. The summed E-state index contributed by atoms with van der Waals surface area (Å²) in [7, 11) is 0. The molecule has 1 aliphatic rings. The fourth-order valence-electron chi connectivity index (χ4n) is 3.46. The molecule has 0 radical (unpaired) electrons. The zero-order valence-corrected chi connectivity index (χ0v) is 14.7. The Balaban J connectivity index is 1.66. The maximum atomic E-state index is 12.1. The lowest BCUT2D eigenvalue weighted by molar-refractivity contribution is -0.154. The van der Waals surface area contributed by atoms with E-state index in [9.17, 15) is 9.59 Å². The number of carbonyl (C=O) groups is 2. The lowest BCUT2D eigenvalue weighted by Gasteiger charge is -2.15. The van der Waals surface area contributed by atoms with Crippen LogP contribution in [0.3, 0.4) is 0 Å². The summed E-state index contributed by atoms with van der Waals surface area (Å²) in [5, 5.41) is 0. The molecule has 4 N–H and O–H groups in total. The molecule has 0 saturated heterocycles. The highest BCUT2D eigenvalue weighted by atomic mass is 16.5. The molecule has 136 valence electrons. The summed E-state index contributed by atoms with van der Waals surface area (Å²) in [5.41, 5.74) is 15.8. The molecule has 0 saturated carbocycles. The van der Waals surface area contributed by atoms with E-state index in [1.807, 2.05) is 36.4 Å². The van der Waals surface area contributed by atoms with Gasteiger partial charge in [-0.1, -0.05) is 55.0 Å². The molecule has 0 fully saturated rings. The van der Waals surface area contributed by atoms with Gasteiger partial charge < -0.3 is 16.2 Å². The third-order valence-corrected chi connectivity index (χ3v) is 4.85. The van der Waals surface area contributed by atoms with Gasteiger partial charge in [-0.05, 0) is 41.6 Å². The third kappa shape index (κ3) is 3.69. The summed E-state index contributed by atoms with van der Waals surface area (Å²) in [5.74, 6) is -1.58. The highest BCUT2D eigenvalue weighted by Gasteiger charge is 2.30. The molecule has 0 spiro atoms. The van der Waals surface area contributed by atoms with E-state index in [2.05, 4.69) is 12.1 Å². The SMILES string of the molecule is NCCCCC(N)C(=O)C(=O)OCC1c2ccccc2-c2ccccc21. The first-order chi connectivity index (χ1) is 12.6. The number of hydrogen-bond acceptors (Lipinski definition) is 5. The second kappa shape index (κ2) is 8.25. The quantitative estimate of drug-likeness (QED) is 0.432. The Bertz CT molecular complexity index is 758. The van der Waals surface area contributed by atoms with Crippen LogP contribution in [0.5, 0.6) is 0 Å². The Labute approximate surface area is 153 Å². The lowest BCUT2D eigenvalue weighted by Crippen LogP contribution is -2.37. The first kappa shape index (κ1) is 18.3. The van der Waals surface area contributed by atoms with Gasteiger partial charge in [0.15, 0.2) is 0 Å². The van der Waals surface area contributed by atoms with Gasteiger partial charge in [-0.15, -0.1) is 0 Å². The van der Waals surface area contributed by atoms with Gasteiger partial charge in [0.05, 0.1) is 6.04 Å². The van der Waals surface area contributed by atoms with Crippen molar-refractivity contribution in [3.8, 4) is 11.1 Å². The van der Waals surface area contributed by atoms with Crippen molar-refractivity contribution < 1.29 is 14.3 Å². The number of rotatable bonds is 8. The van der Waals surface area contributed by atoms with Crippen LogP contribution in [0.15, 0.2) is 48.5 Å². The summed E-state index contributed by atoms with van der Waals surface area (Å²) in [6, 6.07) is 15.3. The van der Waals surface area contributed by atoms with Crippen molar-refractivity contribution in [1.82, 2.24) is 0 Å². The van der Waals surface area contributed by atoms with Gasteiger partial charge in [-0.2, -0.15) is 0 Å². The predicted octanol–water partition coefficient (Wildman–Crippen LogP) is 2.37. The topological polar surface area (TPSA) is 95.4 Å². The molecule has 26 heavy (non-hydrogen) atoms. The molecule has 0 aliphatic heterocycles. The number of ketones is 1. The van der Waals surface area contributed by atoms with E-state index in [4.69, 9.17) is 16.2 Å². The van der Waals surface area contributed by atoms with Gasteiger partial charge in [-0.3, -0.25) is 4.79 Å². The van der Waals surface area contributed by atoms with E-state index in [-0.39, 0.29) is 12.5 Å². The minimum Gasteiger partial charge on any atom is -0.459 e.